The van der Waals surface area contributed by atoms with Gasteiger partial charge in [-0.1, -0.05) is 12.1 Å². The fourth-order valence-corrected chi connectivity index (χ4v) is 2.41. The summed E-state index contributed by atoms with van der Waals surface area (Å²) in [6.07, 6.45) is 5.92. The Morgan fingerprint density at radius 2 is 2.10 bits per heavy atom. The van der Waals surface area contributed by atoms with Crippen molar-refractivity contribution in [1.82, 2.24) is 4.90 Å². The van der Waals surface area contributed by atoms with Gasteiger partial charge in [0.1, 0.15) is 0 Å². The maximum atomic E-state index is 12.4. The van der Waals surface area contributed by atoms with E-state index < -0.39 is 0 Å². The van der Waals surface area contributed by atoms with Gasteiger partial charge in [0.2, 0.25) is 5.91 Å². The van der Waals surface area contributed by atoms with Gasteiger partial charge < -0.3 is 15.4 Å². The lowest BCUT2D eigenvalue weighted by molar-refractivity contribution is -0.129. The average Bonchev–Trinajstić information content (AvgIpc) is 3.31. The normalized spacial score (nSPS) is 16.1. The second-order valence-electron chi connectivity index (χ2n) is 5.60. The van der Waals surface area contributed by atoms with Crippen molar-refractivity contribution in [3.05, 3.63) is 35.9 Å². The molecule has 1 unspecified atom stereocenters. The number of hydrogen-bond donors (Lipinski definition) is 1. The Bertz CT molecular complexity index is 492. The van der Waals surface area contributed by atoms with Crippen molar-refractivity contribution in [2.75, 3.05) is 26.0 Å². The van der Waals surface area contributed by atoms with Gasteiger partial charge in [-0.15, -0.1) is 0 Å². The minimum Gasteiger partial charge on any atom is -0.399 e. The number of hydrogen-bond acceptors (Lipinski definition) is 3. The molecule has 1 saturated carbocycles. The van der Waals surface area contributed by atoms with Crippen LogP contribution in [0.1, 0.15) is 25.3 Å². The number of carbonyl (C=O) groups is 1. The first-order chi connectivity index (χ1) is 10.1. The predicted molar refractivity (Wildman–Crippen MR) is 85.7 cm³/mol. The average molecular weight is 288 g/mol. The van der Waals surface area contributed by atoms with Crippen molar-refractivity contribution >= 4 is 17.7 Å². The first-order valence-corrected chi connectivity index (χ1v) is 7.45. The standard InChI is InChI=1S/C17H24N2O2/c1-13(15-6-7-15)19(11-12-21-2)17(20)10-5-14-3-8-16(18)9-4-14/h3-5,8-10,13,15H,6-7,11-12,18H2,1-2H3/b10-5+. The second-order valence-corrected chi connectivity index (χ2v) is 5.60. The van der Waals surface area contributed by atoms with E-state index in [0.29, 0.717) is 19.1 Å². The Morgan fingerprint density at radius 3 is 2.67 bits per heavy atom. The molecule has 0 heterocycles. The highest BCUT2D eigenvalue weighted by atomic mass is 16.5. The zero-order valence-corrected chi connectivity index (χ0v) is 12.8. The topological polar surface area (TPSA) is 55.6 Å². The molecule has 0 saturated heterocycles. The summed E-state index contributed by atoms with van der Waals surface area (Å²) in [7, 11) is 1.66. The summed E-state index contributed by atoms with van der Waals surface area (Å²) < 4.78 is 5.12. The van der Waals surface area contributed by atoms with E-state index in [1.807, 2.05) is 35.2 Å². The first kappa shape index (κ1) is 15.6. The highest BCUT2D eigenvalue weighted by Crippen LogP contribution is 2.35. The van der Waals surface area contributed by atoms with Gasteiger partial charge in [-0.3, -0.25) is 4.79 Å². The summed E-state index contributed by atoms with van der Waals surface area (Å²) in [5.41, 5.74) is 7.35. The van der Waals surface area contributed by atoms with Gasteiger partial charge in [0.25, 0.3) is 0 Å². The van der Waals surface area contributed by atoms with Crippen molar-refractivity contribution < 1.29 is 9.53 Å². The molecule has 1 aliphatic carbocycles. The summed E-state index contributed by atoms with van der Waals surface area (Å²) in [5.74, 6) is 0.694. The SMILES string of the molecule is COCCN(C(=O)/C=C/c1ccc(N)cc1)C(C)C1CC1. The number of anilines is 1. The van der Waals surface area contributed by atoms with Crippen LogP contribution in [0.2, 0.25) is 0 Å². The Morgan fingerprint density at radius 1 is 1.43 bits per heavy atom. The van der Waals surface area contributed by atoms with Crippen LogP contribution in [0.4, 0.5) is 5.69 Å². The van der Waals surface area contributed by atoms with Crippen LogP contribution in [0.15, 0.2) is 30.3 Å². The molecule has 21 heavy (non-hydrogen) atoms. The third-order valence-electron chi connectivity index (χ3n) is 3.97. The van der Waals surface area contributed by atoms with Gasteiger partial charge in [-0.05, 0) is 49.5 Å². The largest absolute Gasteiger partial charge is 0.399 e. The highest BCUT2D eigenvalue weighted by molar-refractivity contribution is 5.92. The van der Waals surface area contributed by atoms with Gasteiger partial charge in [0, 0.05) is 31.5 Å². The van der Waals surface area contributed by atoms with E-state index in [1.165, 1.54) is 12.8 Å². The number of ether oxygens (including phenoxy) is 1. The lowest BCUT2D eigenvalue weighted by atomic mass is 10.1. The van der Waals surface area contributed by atoms with Crippen LogP contribution in [0.25, 0.3) is 6.08 Å². The van der Waals surface area contributed by atoms with Crippen molar-refractivity contribution in [2.45, 2.75) is 25.8 Å². The Kier molecular flexibility index (Phi) is 5.39. The molecule has 0 bridgehead atoms. The van der Waals surface area contributed by atoms with Crippen LogP contribution in [-0.2, 0) is 9.53 Å². The fourth-order valence-electron chi connectivity index (χ4n) is 2.41. The van der Waals surface area contributed by atoms with Crippen LogP contribution in [0.5, 0.6) is 0 Å². The number of nitrogens with zero attached hydrogens (tertiary/aromatic N) is 1. The first-order valence-electron chi connectivity index (χ1n) is 7.45. The van der Waals surface area contributed by atoms with E-state index in [9.17, 15) is 4.79 Å². The summed E-state index contributed by atoms with van der Waals surface area (Å²) in [4.78, 5) is 14.3. The molecule has 0 aromatic heterocycles. The summed E-state index contributed by atoms with van der Waals surface area (Å²) in [5, 5.41) is 0. The molecule has 1 amide bonds. The lowest BCUT2D eigenvalue weighted by Gasteiger charge is -2.28. The number of amides is 1. The smallest absolute Gasteiger partial charge is 0.246 e. The van der Waals surface area contributed by atoms with Crippen LogP contribution in [0, 0.1) is 5.92 Å². The van der Waals surface area contributed by atoms with Gasteiger partial charge in [-0.25, -0.2) is 0 Å². The third-order valence-corrected chi connectivity index (χ3v) is 3.97. The molecule has 2 rings (SSSR count). The molecule has 4 heteroatoms. The zero-order chi connectivity index (χ0) is 15.2. The molecule has 1 aromatic rings. The van der Waals surface area contributed by atoms with E-state index >= 15 is 0 Å². The van der Waals surface area contributed by atoms with Gasteiger partial charge in [0.15, 0.2) is 0 Å². The van der Waals surface area contributed by atoms with E-state index in [0.717, 1.165) is 11.3 Å². The minimum absolute atomic E-state index is 0.0447. The highest BCUT2D eigenvalue weighted by Gasteiger charge is 2.33. The van der Waals surface area contributed by atoms with E-state index in [1.54, 1.807) is 13.2 Å². The molecule has 4 nitrogen and oxygen atoms in total. The molecule has 114 valence electrons. The monoisotopic (exact) mass is 288 g/mol. The molecular formula is C17H24N2O2. The molecule has 0 aliphatic heterocycles. The number of rotatable bonds is 7. The molecular weight excluding hydrogens is 264 g/mol. The molecule has 0 radical (unpaired) electrons. The molecule has 0 spiro atoms. The van der Waals surface area contributed by atoms with Crippen molar-refractivity contribution in [2.24, 2.45) is 5.92 Å². The number of nitrogens with two attached hydrogens (primary N) is 1. The Labute approximate surface area is 126 Å². The zero-order valence-electron chi connectivity index (χ0n) is 12.8. The molecule has 1 aromatic carbocycles. The van der Waals surface area contributed by atoms with Crippen LogP contribution >= 0.6 is 0 Å². The minimum atomic E-state index is 0.0447. The van der Waals surface area contributed by atoms with Crippen molar-refractivity contribution in [3.8, 4) is 0 Å². The van der Waals surface area contributed by atoms with Crippen LogP contribution in [-0.4, -0.2) is 37.1 Å². The molecule has 2 N–H and O–H groups in total. The Balaban J connectivity index is 2.00. The van der Waals surface area contributed by atoms with Crippen molar-refractivity contribution in [3.63, 3.8) is 0 Å². The fraction of sp³-hybridized carbons (Fsp3) is 0.471. The molecule has 1 atom stereocenters. The van der Waals surface area contributed by atoms with Gasteiger partial charge in [-0.2, -0.15) is 0 Å². The van der Waals surface area contributed by atoms with Gasteiger partial charge in [0.05, 0.1) is 6.61 Å². The molecule has 1 fully saturated rings. The Hall–Kier alpha value is -1.81. The number of methoxy groups -OCH3 is 1. The van der Waals surface area contributed by atoms with Gasteiger partial charge >= 0.3 is 0 Å². The summed E-state index contributed by atoms with van der Waals surface area (Å²) >= 11 is 0. The molecule has 1 aliphatic rings. The predicted octanol–water partition coefficient (Wildman–Crippen LogP) is 2.56. The van der Waals surface area contributed by atoms with Crippen LogP contribution in [0.3, 0.4) is 0 Å². The quantitative estimate of drug-likeness (QED) is 0.619. The maximum Gasteiger partial charge on any atom is 0.246 e. The van der Waals surface area contributed by atoms with E-state index in [-0.39, 0.29) is 11.9 Å². The van der Waals surface area contributed by atoms with Crippen molar-refractivity contribution in [1.29, 1.82) is 0 Å². The second kappa shape index (κ2) is 7.27. The maximum absolute atomic E-state index is 12.4. The lowest BCUT2D eigenvalue weighted by Crippen LogP contribution is -2.41. The summed E-state index contributed by atoms with van der Waals surface area (Å²) in [6, 6.07) is 7.76. The summed E-state index contributed by atoms with van der Waals surface area (Å²) in [6.45, 7) is 3.33. The third kappa shape index (κ3) is 4.60. The number of carbonyl (C=O) groups excluding carboxylic acids is 1. The number of nitrogen functional groups attached to an aromatic ring is 1. The number of benzene rings is 1. The van der Waals surface area contributed by atoms with E-state index in [2.05, 4.69) is 6.92 Å². The van der Waals surface area contributed by atoms with Crippen LogP contribution < -0.4 is 5.73 Å². The van der Waals surface area contributed by atoms with E-state index in [4.69, 9.17) is 10.5 Å².